The number of amides is 2. The number of rotatable bonds is 18. The molecule has 2 N–H and O–H groups in total. The van der Waals surface area contributed by atoms with Crippen molar-refractivity contribution < 1.29 is 48.6 Å². The number of methoxy groups -OCH3 is 2. The van der Waals surface area contributed by atoms with E-state index in [4.69, 9.17) is 18.9 Å². The Bertz CT molecular complexity index is 1390. The molecule has 2 aromatic rings. The summed E-state index contributed by atoms with van der Waals surface area (Å²) in [5.74, 6) is -0.355. The molecular weight excluding hydrogens is 644 g/mol. The molecule has 0 unspecified atom stereocenters. The minimum atomic E-state index is -0.630. The highest BCUT2D eigenvalue weighted by molar-refractivity contribution is 6.00. The lowest BCUT2D eigenvalue weighted by molar-refractivity contribution is -0.385. The predicted octanol–water partition coefficient (Wildman–Crippen LogP) is 4.12. The first-order valence-corrected chi connectivity index (χ1v) is 16.5. The van der Waals surface area contributed by atoms with Crippen LogP contribution in [0.3, 0.4) is 0 Å². The van der Waals surface area contributed by atoms with Crippen molar-refractivity contribution in [2.75, 3.05) is 53.7 Å². The van der Waals surface area contributed by atoms with Gasteiger partial charge in [-0.25, -0.2) is 0 Å². The van der Waals surface area contributed by atoms with Crippen molar-refractivity contribution in [1.29, 1.82) is 0 Å². The van der Waals surface area contributed by atoms with E-state index in [0.717, 1.165) is 19.3 Å². The second-order valence-corrected chi connectivity index (χ2v) is 12.0. The van der Waals surface area contributed by atoms with Crippen LogP contribution in [0, 0.1) is 20.2 Å². The summed E-state index contributed by atoms with van der Waals surface area (Å²) in [6.45, 7) is 0.913. The molecule has 0 saturated carbocycles. The Kier molecular flexibility index (Phi) is 13.4. The third kappa shape index (κ3) is 8.86. The SMILES string of the molecule is COc1cc(C(=O)N2CCC[C@H]2CO)c([N+](=O)[O-])cc1OCCCCCCCOc1cc([N+](=O)[O-])c(C(=O)N2CCC[C@H]2CO)cc1OC. The van der Waals surface area contributed by atoms with E-state index < -0.39 is 33.0 Å². The molecule has 2 aliphatic heterocycles. The summed E-state index contributed by atoms with van der Waals surface area (Å²) < 4.78 is 22.4. The van der Waals surface area contributed by atoms with Gasteiger partial charge < -0.3 is 39.0 Å². The second kappa shape index (κ2) is 17.6. The maximum atomic E-state index is 13.1. The fraction of sp³-hybridized carbons (Fsp3) is 0.576. The summed E-state index contributed by atoms with van der Waals surface area (Å²) in [6.07, 6.45) is 6.37. The van der Waals surface area contributed by atoms with Crippen LogP contribution in [-0.2, 0) is 0 Å². The number of unbranched alkanes of at least 4 members (excludes halogenated alkanes) is 4. The lowest BCUT2D eigenvalue weighted by Gasteiger charge is -2.23. The van der Waals surface area contributed by atoms with Crippen LogP contribution in [0.5, 0.6) is 23.0 Å². The Balaban J connectivity index is 1.26. The van der Waals surface area contributed by atoms with E-state index >= 15 is 0 Å². The van der Waals surface area contributed by atoms with Gasteiger partial charge in [-0.1, -0.05) is 19.3 Å². The average molecular weight is 689 g/mol. The van der Waals surface area contributed by atoms with Crippen molar-refractivity contribution in [3.05, 3.63) is 55.6 Å². The molecule has 0 bridgehead atoms. The van der Waals surface area contributed by atoms with Crippen molar-refractivity contribution in [3.8, 4) is 23.0 Å². The lowest BCUT2D eigenvalue weighted by Crippen LogP contribution is -2.37. The van der Waals surface area contributed by atoms with Crippen LogP contribution in [0.2, 0.25) is 0 Å². The number of hydrogen-bond acceptors (Lipinski definition) is 12. The number of aliphatic hydroxyl groups excluding tert-OH is 2. The first-order valence-electron chi connectivity index (χ1n) is 16.5. The van der Waals surface area contributed by atoms with Crippen molar-refractivity contribution >= 4 is 23.2 Å². The van der Waals surface area contributed by atoms with Gasteiger partial charge in [0, 0.05) is 25.2 Å². The third-order valence-electron chi connectivity index (χ3n) is 8.92. The molecule has 0 radical (unpaired) electrons. The Morgan fingerprint density at radius 1 is 0.694 bits per heavy atom. The maximum absolute atomic E-state index is 13.1. The van der Waals surface area contributed by atoms with Crippen LogP contribution in [0.4, 0.5) is 11.4 Å². The van der Waals surface area contributed by atoms with Gasteiger partial charge in [0.25, 0.3) is 23.2 Å². The van der Waals surface area contributed by atoms with Crippen molar-refractivity contribution in [3.63, 3.8) is 0 Å². The first kappa shape index (κ1) is 37.1. The van der Waals surface area contributed by atoms with Crippen molar-refractivity contribution in [1.82, 2.24) is 9.80 Å². The number of carbonyl (C=O) groups is 2. The molecule has 2 heterocycles. The largest absolute Gasteiger partial charge is 0.493 e. The number of ether oxygens (including phenoxy) is 4. The van der Waals surface area contributed by atoms with E-state index in [2.05, 4.69) is 0 Å². The van der Waals surface area contributed by atoms with E-state index in [1.807, 2.05) is 0 Å². The number of aliphatic hydroxyl groups is 2. The first-order chi connectivity index (χ1) is 23.6. The Morgan fingerprint density at radius 2 is 1.08 bits per heavy atom. The molecule has 16 nitrogen and oxygen atoms in total. The van der Waals surface area contributed by atoms with Crippen LogP contribution in [-0.4, -0.2) is 107 Å². The molecule has 2 fully saturated rings. The summed E-state index contributed by atoms with van der Waals surface area (Å²) in [5.41, 5.74) is -1.03. The normalized spacial score (nSPS) is 17.2. The van der Waals surface area contributed by atoms with Gasteiger partial charge >= 0.3 is 0 Å². The zero-order valence-electron chi connectivity index (χ0n) is 27.8. The average Bonchev–Trinajstić information content (AvgIpc) is 3.79. The molecule has 0 spiro atoms. The monoisotopic (exact) mass is 688 g/mol. The standard InChI is InChI=1S/C33H44N4O12/c1-46-28-16-24(32(40)34-12-8-10-22(34)20-38)26(36(42)43)18-30(28)48-14-6-4-3-5-7-15-49-31-19-27(37(44)45)25(17-29(31)47-2)33(41)35-13-9-11-23(35)21-39/h16-19,22-23,38-39H,3-15,20-21H2,1-2H3/t22-,23-/m0/s1. The molecule has 0 aliphatic carbocycles. The van der Waals surface area contributed by atoms with E-state index in [0.29, 0.717) is 51.6 Å². The highest BCUT2D eigenvalue weighted by Gasteiger charge is 2.35. The van der Waals surface area contributed by atoms with Crippen LogP contribution in [0.15, 0.2) is 24.3 Å². The molecule has 2 saturated heterocycles. The lowest BCUT2D eigenvalue weighted by atomic mass is 10.1. The summed E-state index contributed by atoms with van der Waals surface area (Å²) >= 11 is 0. The van der Waals surface area contributed by atoms with Crippen LogP contribution in [0.1, 0.15) is 78.5 Å². The quantitative estimate of drug-likeness (QED) is 0.129. The van der Waals surface area contributed by atoms with Gasteiger partial charge in [0.2, 0.25) is 0 Å². The number of carbonyl (C=O) groups excluding carboxylic acids is 2. The molecule has 268 valence electrons. The molecule has 0 aromatic heterocycles. The Labute approximate surface area is 283 Å². The molecule has 2 atom stereocenters. The zero-order chi connectivity index (χ0) is 35.5. The number of nitrogens with zero attached hydrogens (tertiary/aromatic N) is 4. The van der Waals surface area contributed by atoms with Gasteiger partial charge in [-0.15, -0.1) is 0 Å². The maximum Gasteiger partial charge on any atom is 0.286 e. The summed E-state index contributed by atoms with van der Waals surface area (Å²) in [6, 6.07) is 4.28. The van der Waals surface area contributed by atoms with E-state index in [1.54, 1.807) is 0 Å². The smallest absolute Gasteiger partial charge is 0.286 e. The third-order valence-corrected chi connectivity index (χ3v) is 8.92. The Morgan fingerprint density at radius 3 is 1.43 bits per heavy atom. The summed E-state index contributed by atoms with van der Waals surface area (Å²) in [7, 11) is 2.78. The number of benzene rings is 2. The van der Waals surface area contributed by atoms with E-state index in [9.17, 15) is 40.0 Å². The molecule has 4 rings (SSSR count). The molecular formula is C33H44N4O12. The van der Waals surface area contributed by atoms with E-state index in [-0.39, 0.29) is 72.6 Å². The van der Waals surface area contributed by atoms with Gasteiger partial charge in [-0.05, 0) is 38.5 Å². The van der Waals surface area contributed by atoms with Gasteiger partial charge in [0.1, 0.15) is 11.1 Å². The van der Waals surface area contributed by atoms with Gasteiger partial charge in [0.05, 0.1) is 74.7 Å². The minimum Gasteiger partial charge on any atom is -0.493 e. The van der Waals surface area contributed by atoms with Crippen LogP contribution in [0.25, 0.3) is 0 Å². The molecule has 16 heteroatoms. The summed E-state index contributed by atoms with van der Waals surface area (Å²) in [4.78, 5) is 51.6. The zero-order valence-corrected chi connectivity index (χ0v) is 27.8. The van der Waals surface area contributed by atoms with Crippen molar-refractivity contribution in [2.24, 2.45) is 0 Å². The topological polar surface area (TPSA) is 204 Å². The molecule has 2 aromatic carbocycles. The second-order valence-electron chi connectivity index (χ2n) is 12.0. The summed E-state index contributed by atoms with van der Waals surface area (Å²) in [5, 5.41) is 42.9. The Hall–Kier alpha value is -4.70. The number of nitro benzene ring substituents is 2. The number of nitro groups is 2. The van der Waals surface area contributed by atoms with Crippen LogP contribution < -0.4 is 18.9 Å². The molecule has 2 amide bonds. The predicted molar refractivity (Wildman–Crippen MR) is 176 cm³/mol. The highest BCUT2D eigenvalue weighted by Crippen LogP contribution is 2.38. The fourth-order valence-electron chi connectivity index (χ4n) is 6.28. The minimum absolute atomic E-state index is 0.119. The molecule has 2 aliphatic rings. The van der Waals surface area contributed by atoms with E-state index in [1.165, 1.54) is 48.3 Å². The highest BCUT2D eigenvalue weighted by atomic mass is 16.6. The van der Waals surface area contributed by atoms with Gasteiger partial charge in [-0.3, -0.25) is 29.8 Å². The fourth-order valence-corrected chi connectivity index (χ4v) is 6.28. The van der Waals surface area contributed by atoms with Crippen molar-refractivity contribution in [2.45, 2.75) is 69.9 Å². The van der Waals surface area contributed by atoms with Gasteiger partial charge in [0.15, 0.2) is 23.0 Å². The number of likely N-dealkylation sites (tertiary alicyclic amines) is 2. The number of hydrogen-bond donors (Lipinski definition) is 2. The van der Waals surface area contributed by atoms with Crippen LogP contribution >= 0.6 is 0 Å². The van der Waals surface area contributed by atoms with Gasteiger partial charge in [-0.2, -0.15) is 0 Å². The molecule has 49 heavy (non-hydrogen) atoms.